The summed E-state index contributed by atoms with van der Waals surface area (Å²) >= 11 is 6.08. The number of rotatable bonds is 8. The van der Waals surface area contributed by atoms with Crippen LogP contribution < -0.4 is 10.1 Å². The van der Waals surface area contributed by atoms with Gasteiger partial charge in [0, 0.05) is 28.8 Å². The third-order valence-corrected chi connectivity index (χ3v) is 5.84. The fourth-order valence-electron chi connectivity index (χ4n) is 4.02. The molecule has 0 unspecified atom stereocenters. The van der Waals surface area contributed by atoms with Crippen LogP contribution in [0.1, 0.15) is 69.5 Å². The van der Waals surface area contributed by atoms with Crippen LogP contribution in [0.2, 0.25) is 5.02 Å². The molecule has 1 heterocycles. The SMILES string of the molecule is CCCCCC[C@@]1(C)N=C(c2ccc(Cl)cc2)C[C@@H](c2cccc(OC)c2O)N1. The Morgan fingerprint density at radius 3 is 2.62 bits per heavy atom. The van der Waals surface area contributed by atoms with Gasteiger partial charge in [-0.25, -0.2) is 0 Å². The van der Waals surface area contributed by atoms with Crippen LogP contribution in [0.25, 0.3) is 0 Å². The normalized spacial score (nSPS) is 21.7. The van der Waals surface area contributed by atoms with Crippen LogP contribution in [-0.4, -0.2) is 23.6 Å². The van der Waals surface area contributed by atoms with Crippen molar-refractivity contribution in [2.45, 2.75) is 64.1 Å². The summed E-state index contributed by atoms with van der Waals surface area (Å²) in [6, 6.07) is 13.4. The third kappa shape index (κ3) is 5.31. The van der Waals surface area contributed by atoms with Crippen LogP contribution in [0, 0.1) is 0 Å². The summed E-state index contributed by atoms with van der Waals surface area (Å²) in [5, 5.41) is 15.1. The van der Waals surface area contributed by atoms with Crippen LogP contribution in [0.3, 0.4) is 0 Å². The summed E-state index contributed by atoms with van der Waals surface area (Å²) in [7, 11) is 1.57. The Labute approximate surface area is 179 Å². The number of hydrogen-bond donors (Lipinski definition) is 2. The van der Waals surface area contributed by atoms with E-state index in [1.807, 2.05) is 36.4 Å². The molecule has 0 aromatic heterocycles. The highest BCUT2D eigenvalue weighted by molar-refractivity contribution is 6.30. The topological polar surface area (TPSA) is 53.9 Å². The molecule has 2 atom stereocenters. The largest absolute Gasteiger partial charge is 0.504 e. The van der Waals surface area contributed by atoms with Gasteiger partial charge in [-0.05, 0) is 43.5 Å². The number of nitrogens with one attached hydrogen (secondary N) is 1. The van der Waals surface area contributed by atoms with E-state index in [2.05, 4.69) is 19.2 Å². The molecule has 156 valence electrons. The predicted octanol–water partition coefficient (Wildman–Crippen LogP) is 6.26. The molecule has 2 N–H and O–H groups in total. The minimum atomic E-state index is -0.388. The molecule has 29 heavy (non-hydrogen) atoms. The van der Waals surface area contributed by atoms with Gasteiger partial charge in [-0.1, -0.05) is 62.1 Å². The molecule has 0 spiro atoms. The Hall–Kier alpha value is -2.04. The Morgan fingerprint density at radius 2 is 1.93 bits per heavy atom. The first-order chi connectivity index (χ1) is 14.0. The number of hydrogen-bond acceptors (Lipinski definition) is 4. The molecular formula is C24H31ClN2O2. The van der Waals surface area contributed by atoms with Crippen molar-refractivity contribution in [3.8, 4) is 11.5 Å². The number of aliphatic imine (C=N–C) groups is 1. The van der Waals surface area contributed by atoms with Crippen LogP contribution in [-0.2, 0) is 0 Å². The van der Waals surface area contributed by atoms with Gasteiger partial charge in [0.05, 0.1) is 7.11 Å². The maximum absolute atomic E-state index is 10.7. The van der Waals surface area contributed by atoms with Crippen molar-refractivity contribution < 1.29 is 9.84 Å². The molecule has 0 radical (unpaired) electrons. The first-order valence-electron chi connectivity index (χ1n) is 10.4. The fraction of sp³-hybridized carbons (Fsp3) is 0.458. The number of halogens is 1. The second kappa shape index (κ2) is 9.64. The van der Waals surface area contributed by atoms with Gasteiger partial charge < -0.3 is 9.84 Å². The van der Waals surface area contributed by atoms with E-state index in [0.29, 0.717) is 17.2 Å². The number of methoxy groups -OCH3 is 1. The summed E-state index contributed by atoms with van der Waals surface area (Å²) < 4.78 is 5.32. The van der Waals surface area contributed by atoms with Gasteiger partial charge in [0.15, 0.2) is 11.5 Å². The summed E-state index contributed by atoms with van der Waals surface area (Å²) in [5.41, 5.74) is 2.56. The Bertz CT molecular complexity index is 850. The lowest BCUT2D eigenvalue weighted by Crippen LogP contribution is -2.47. The second-order valence-corrected chi connectivity index (χ2v) is 8.39. The maximum atomic E-state index is 10.7. The number of ether oxygens (including phenoxy) is 1. The van der Waals surface area contributed by atoms with Crippen molar-refractivity contribution in [3.05, 3.63) is 58.6 Å². The second-order valence-electron chi connectivity index (χ2n) is 7.95. The summed E-state index contributed by atoms with van der Waals surface area (Å²) in [4.78, 5) is 5.11. The molecule has 4 nitrogen and oxygen atoms in total. The van der Waals surface area contributed by atoms with Crippen LogP contribution in [0.4, 0.5) is 0 Å². The number of para-hydroxylation sites is 1. The maximum Gasteiger partial charge on any atom is 0.162 e. The van der Waals surface area contributed by atoms with Gasteiger partial charge in [0.25, 0.3) is 0 Å². The average molecular weight is 415 g/mol. The fourth-order valence-corrected chi connectivity index (χ4v) is 4.14. The van der Waals surface area contributed by atoms with Gasteiger partial charge in [0.2, 0.25) is 0 Å². The molecule has 0 bridgehead atoms. The minimum absolute atomic E-state index is 0.0514. The van der Waals surface area contributed by atoms with Gasteiger partial charge in [0.1, 0.15) is 5.66 Å². The van der Waals surface area contributed by atoms with Crippen LogP contribution >= 0.6 is 11.6 Å². The van der Waals surface area contributed by atoms with Gasteiger partial charge in [-0.3, -0.25) is 10.3 Å². The van der Waals surface area contributed by atoms with Crippen LogP contribution in [0.5, 0.6) is 11.5 Å². The highest BCUT2D eigenvalue weighted by Gasteiger charge is 2.34. The van der Waals surface area contributed by atoms with E-state index in [9.17, 15) is 5.11 Å². The van der Waals surface area contributed by atoms with E-state index in [1.54, 1.807) is 13.2 Å². The van der Waals surface area contributed by atoms with Crippen molar-refractivity contribution in [2.24, 2.45) is 4.99 Å². The van der Waals surface area contributed by atoms with Gasteiger partial charge >= 0.3 is 0 Å². The van der Waals surface area contributed by atoms with Crippen molar-refractivity contribution in [1.82, 2.24) is 5.32 Å². The zero-order valence-electron chi connectivity index (χ0n) is 17.5. The molecular weight excluding hydrogens is 384 g/mol. The molecule has 1 aliphatic rings. The number of aromatic hydroxyl groups is 1. The summed E-state index contributed by atoms with van der Waals surface area (Å²) in [6.07, 6.45) is 6.41. The highest BCUT2D eigenvalue weighted by Crippen LogP contribution is 2.39. The Morgan fingerprint density at radius 1 is 1.17 bits per heavy atom. The smallest absolute Gasteiger partial charge is 0.162 e. The standard InChI is InChI=1S/C24H31ClN2O2/c1-4-5-6-7-15-24(2)26-20(17-11-13-18(25)14-12-17)16-21(27-24)19-9-8-10-22(29-3)23(19)28/h8-14,21,27-28H,4-7,15-16H2,1-3H3/t21-,24-/m0/s1. The van der Waals surface area contributed by atoms with Crippen molar-refractivity contribution in [2.75, 3.05) is 7.11 Å². The number of nitrogens with zero attached hydrogens (tertiary/aromatic N) is 1. The molecule has 0 fully saturated rings. The number of benzene rings is 2. The van der Waals surface area contributed by atoms with E-state index >= 15 is 0 Å². The lowest BCUT2D eigenvalue weighted by Gasteiger charge is -2.38. The molecule has 0 saturated carbocycles. The first kappa shape index (κ1) is 21.7. The summed E-state index contributed by atoms with van der Waals surface area (Å²) in [5.74, 6) is 0.683. The third-order valence-electron chi connectivity index (χ3n) is 5.58. The Balaban J connectivity index is 1.93. The zero-order valence-corrected chi connectivity index (χ0v) is 18.3. The minimum Gasteiger partial charge on any atom is -0.504 e. The lowest BCUT2D eigenvalue weighted by atomic mass is 9.90. The quantitative estimate of drug-likeness (QED) is 0.501. The molecule has 0 aliphatic carbocycles. The molecule has 2 aromatic carbocycles. The molecule has 5 heteroatoms. The monoisotopic (exact) mass is 414 g/mol. The number of unbranched alkanes of at least 4 members (excludes halogenated alkanes) is 3. The molecule has 3 rings (SSSR count). The molecule has 2 aromatic rings. The first-order valence-corrected chi connectivity index (χ1v) is 10.8. The van der Waals surface area contributed by atoms with Crippen molar-refractivity contribution in [1.29, 1.82) is 0 Å². The van der Waals surface area contributed by atoms with Gasteiger partial charge in [-0.15, -0.1) is 0 Å². The zero-order chi connectivity index (χ0) is 20.9. The van der Waals surface area contributed by atoms with E-state index in [0.717, 1.165) is 29.7 Å². The van der Waals surface area contributed by atoms with E-state index in [-0.39, 0.29) is 17.5 Å². The van der Waals surface area contributed by atoms with Crippen molar-refractivity contribution >= 4 is 17.3 Å². The number of phenolic OH excluding ortho intramolecular Hbond substituents is 1. The summed E-state index contributed by atoms with van der Waals surface area (Å²) in [6.45, 7) is 4.37. The average Bonchev–Trinajstić information content (AvgIpc) is 2.71. The van der Waals surface area contributed by atoms with E-state index < -0.39 is 0 Å². The lowest BCUT2D eigenvalue weighted by molar-refractivity contribution is 0.275. The van der Waals surface area contributed by atoms with Gasteiger partial charge in [-0.2, -0.15) is 0 Å². The number of phenols is 1. The van der Waals surface area contributed by atoms with E-state index in [1.165, 1.54) is 19.3 Å². The van der Waals surface area contributed by atoms with Crippen LogP contribution in [0.15, 0.2) is 47.5 Å². The molecule has 0 amide bonds. The Kier molecular flexibility index (Phi) is 7.20. The predicted molar refractivity (Wildman–Crippen MR) is 120 cm³/mol. The molecule has 1 aliphatic heterocycles. The highest BCUT2D eigenvalue weighted by atomic mass is 35.5. The van der Waals surface area contributed by atoms with Crippen molar-refractivity contribution in [3.63, 3.8) is 0 Å². The van der Waals surface area contributed by atoms with E-state index in [4.69, 9.17) is 21.3 Å². The molecule has 0 saturated heterocycles.